The van der Waals surface area contributed by atoms with Gasteiger partial charge < -0.3 is 19.4 Å². The van der Waals surface area contributed by atoms with E-state index in [1.165, 1.54) is 39.8 Å². The standard InChI is InChI=1S/C30H36F4N4O4/c1-20-13-22(15-23(14-20)30(32,33)34)19-42-29(41)37-12-10-27(39)38-25(9-4-5-11-35(2)3)28(40)36(18-26(37)38)17-21-7-6-8-24(31)16-21/h6-8,13-16,25-26H,4-5,9-12,17-19H2,1-3H3/t25-,26?/m0/s1. The van der Waals surface area contributed by atoms with Gasteiger partial charge in [0.2, 0.25) is 11.8 Å². The van der Waals surface area contributed by atoms with Crippen LogP contribution in [-0.2, 0) is 33.7 Å². The number of carbonyl (C=O) groups excluding carboxylic acids is 3. The van der Waals surface area contributed by atoms with Crippen LogP contribution in [0.3, 0.4) is 0 Å². The number of hydrogen-bond acceptors (Lipinski definition) is 5. The zero-order chi connectivity index (χ0) is 30.6. The number of ether oxygens (including phenoxy) is 1. The summed E-state index contributed by atoms with van der Waals surface area (Å²) in [6, 6.07) is 8.55. The SMILES string of the molecule is Cc1cc(COC(=O)N2CCC(=O)N3C2CN(Cc2cccc(F)c2)C(=O)[C@@H]3CCCCN(C)C)cc(C(F)(F)F)c1. The normalized spacial score (nSPS) is 19.4. The van der Waals surface area contributed by atoms with Gasteiger partial charge in [-0.15, -0.1) is 0 Å². The number of rotatable bonds is 9. The fourth-order valence-electron chi connectivity index (χ4n) is 5.57. The van der Waals surface area contributed by atoms with E-state index in [9.17, 15) is 31.9 Å². The Morgan fingerprint density at radius 1 is 1.07 bits per heavy atom. The second-order valence-electron chi connectivity index (χ2n) is 11.1. The van der Waals surface area contributed by atoms with E-state index in [4.69, 9.17) is 4.74 Å². The Labute approximate surface area is 242 Å². The number of fused-ring (bicyclic) bond motifs is 1. The van der Waals surface area contributed by atoms with Gasteiger partial charge in [-0.05, 0) is 82.2 Å². The number of piperazine rings is 1. The van der Waals surface area contributed by atoms with E-state index >= 15 is 0 Å². The summed E-state index contributed by atoms with van der Waals surface area (Å²) in [6.45, 7) is 2.07. The number of nitrogens with zero attached hydrogens (tertiary/aromatic N) is 4. The summed E-state index contributed by atoms with van der Waals surface area (Å²) in [5.41, 5.74) is 0.297. The van der Waals surface area contributed by atoms with Gasteiger partial charge in [0.05, 0.1) is 12.1 Å². The summed E-state index contributed by atoms with van der Waals surface area (Å²) in [5.74, 6) is -0.973. The van der Waals surface area contributed by atoms with E-state index < -0.39 is 35.9 Å². The molecule has 2 aromatic rings. The Morgan fingerprint density at radius 2 is 1.83 bits per heavy atom. The molecule has 0 saturated carbocycles. The molecule has 8 nitrogen and oxygen atoms in total. The van der Waals surface area contributed by atoms with Crippen LogP contribution in [0.5, 0.6) is 0 Å². The molecule has 0 bridgehead atoms. The molecular formula is C30H36F4N4O4. The highest BCUT2D eigenvalue weighted by molar-refractivity contribution is 5.90. The Hall–Kier alpha value is -3.67. The number of halogens is 4. The first-order valence-electron chi connectivity index (χ1n) is 13.9. The topological polar surface area (TPSA) is 73.4 Å². The van der Waals surface area contributed by atoms with E-state index in [1.54, 1.807) is 12.1 Å². The lowest BCUT2D eigenvalue weighted by atomic mass is 9.98. The van der Waals surface area contributed by atoms with Crippen LogP contribution in [0.2, 0.25) is 0 Å². The van der Waals surface area contributed by atoms with Crippen LogP contribution in [0.1, 0.15) is 47.9 Å². The molecule has 1 unspecified atom stereocenters. The first-order chi connectivity index (χ1) is 19.8. The molecule has 2 heterocycles. The Kier molecular flexibility index (Phi) is 9.75. The van der Waals surface area contributed by atoms with Crippen LogP contribution in [0.4, 0.5) is 22.4 Å². The maximum Gasteiger partial charge on any atom is 0.416 e. The molecule has 2 aromatic carbocycles. The lowest BCUT2D eigenvalue weighted by Gasteiger charge is -2.52. The van der Waals surface area contributed by atoms with Crippen LogP contribution >= 0.6 is 0 Å². The van der Waals surface area contributed by atoms with E-state index in [2.05, 4.69) is 0 Å². The largest absolute Gasteiger partial charge is 0.444 e. The monoisotopic (exact) mass is 592 g/mol. The zero-order valence-corrected chi connectivity index (χ0v) is 24.0. The average molecular weight is 593 g/mol. The van der Waals surface area contributed by atoms with Crippen molar-refractivity contribution >= 4 is 17.9 Å². The third-order valence-electron chi connectivity index (χ3n) is 7.51. The summed E-state index contributed by atoms with van der Waals surface area (Å²) < 4.78 is 59.2. The molecule has 228 valence electrons. The molecule has 0 N–H and O–H groups in total. The zero-order valence-electron chi connectivity index (χ0n) is 24.0. The number of carbonyl (C=O) groups is 3. The first kappa shape index (κ1) is 31.3. The van der Waals surface area contributed by atoms with Gasteiger partial charge in [0.1, 0.15) is 24.6 Å². The fourth-order valence-corrected chi connectivity index (χ4v) is 5.57. The highest BCUT2D eigenvalue weighted by Crippen LogP contribution is 2.32. The summed E-state index contributed by atoms with van der Waals surface area (Å²) in [4.78, 5) is 46.5. The maximum atomic E-state index is 13.9. The number of unbranched alkanes of at least 4 members (excludes halogenated alkanes) is 1. The van der Waals surface area contributed by atoms with Crippen LogP contribution < -0.4 is 0 Å². The number of alkyl halides is 3. The van der Waals surface area contributed by atoms with Gasteiger partial charge in [0.15, 0.2) is 0 Å². The molecule has 12 heteroatoms. The predicted octanol–water partition coefficient (Wildman–Crippen LogP) is 4.79. The molecule has 2 atom stereocenters. The van der Waals surface area contributed by atoms with Crippen molar-refractivity contribution in [3.05, 3.63) is 70.5 Å². The smallest absolute Gasteiger partial charge is 0.416 e. The molecule has 0 spiro atoms. The second kappa shape index (κ2) is 13.1. The molecule has 0 aromatic heterocycles. The molecule has 2 aliphatic rings. The molecule has 0 radical (unpaired) electrons. The Morgan fingerprint density at radius 3 is 2.52 bits per heavy atom. The van der Waals surface area contributed by atoms with Gasteiger partial charge in [-0.3, -0.25) is 14.5 Å². The second-order valence-corrected chi connectivity index (χ2v) is 11.1. The van der Waals surface area contributed by atoms with Gasteiger partial charge in [-0.25, -0.2) is 9.18 Å². The lowest BCUT2D eigenvalue weighted by molar-refractivity contribution is -0.169. The van der Waals surface area contributed by atoms with Crippen molar-refractivity contribution < 1.29 is 36.7 Å². The molecule has 2 aliphatic heterocycles. The van der Waals surface area contributed by atoms with Gasteiger partial charge in [-0.1, -0.05) is 23.8 Å². The van der Waals surface area contributed by atoms with E-state index in [0.29, 0.717) is 24.0 Å². The fraction of sp³-hybridized carbons (Fsp3) is 0.500. The third kappa shape index (κ3) is 7.58. The molecule has 3 amide bonds. The first-order valence-corrected chi connectivity index (χ1v) is 13.9. The predicted molar refractivity (Wildman–Crippen MR) is 146 cm³/mol. The number of amides is 3. The van der Waals surface area contributed by atoms with Crippen molar-refractivity contribution in [2.24, 2.45) is 0 Å². The Balaban J connectivity index is 1.55. The molecule has 0 aliphatic carbocycles. The quantitative estimate of drug-likeness (QED) is 0.309. The molecule has 2 fully saturated rings. The van der Waals surface area contributed by atoms with E-state index in [0.717, 1.165) is 25.1 Å². The number of benzene rings is 2. The van der Waals surface area contributed by atoms with Crippen molar-refractivity contribution in [2.45, 2.75) is 64.1 Å². The summed E-state index contributed by atoms with van der Waals surface area (Å²) >= 11 is 0. The van der Waals surface area contributed by atoms with Gasteiger partial charge in [0, 0.05) is 19.5 Å². The van der Waals surface area contributed by atoms with Crippen molar-refractivity contribution in [3.63, 3.8) is 0 Å². The number of aryl methyl sites for hydroxylation is 1. The highest BCUT2D eigenvalue weighted by atomic mass is 19.4. The van der Waals surface area contributed by atoms with E-state index in [1.807, 2.05) is 19.0 Å². The minimum atomic E-state index is -4.54. The summed E-state index contributed by atoms with van der Waals surface area (Å²) in [6.07, 6.45) is -4.32. The highest BCUT2D eigenvalue weighted by Gasteiger charge is 2.48. The van der Waals surface area contributed by atoms with Crippen LogP contribution in [0.25, 0.3) is 0 Å². The molecule has 42 heavy (non-hydrogen) atoms. The van der Waals surface area contributed by atoms with Crippen molar-refractivity contribution in [2.75, 3.05) is 33.7 Å². The maximum absolute atomic E-state index is 13.9. The third-order valence-corrected chi connectivity index (χ3v) is 7.51. The molecular weight excluding hydrogens is 556 g/mol. The molecule has 4 rings (SSSR count). The van der Waals surface area contributed by atoms with Crippen molar-refractivity contribution in [3.8, 4) is 0 Å². The van der Waals surface area contributed by atoms with E-state index in [-0.39, 0.29) is 50.0 Å². The lowest BCUT2D eigenvalue weighted by Crippen LogP contribution is -2.71. The Bertz CT molecular complexity index is 1300. The van der Waals surface area contributed by atoms with Crippen LogP contribution in [-0.4, -0.2) is 83.4 Å². The van der Waals surface area contributed by atoms with Crippen molar-refractivity contribution in [1.29, 1.82) is 0 Å². The van der Waals surface area contributed by atoms with Gasteiger partial charge in [0.25, 0.3) is 0 Å². The van der Waals surface area contributed by atoms with Crippen LogP contribution in [0, 0.1) is 12.7 Å². The van der Waals surface area contributed by atoms with Gasteiger partial charge in [-0.2, -0.15) is 13.2 Å². The minimum absolute atomic E-state index is 0.00689. The van der Waals surface area contributed by atoms with Gasteiger partial charge >= 0.3 is 12.3 Å². The summed E-state index contributed by atoms with van der Waals surface area (Å²) in [5, 5.41) is 0. The number of hydrogen-bond donors (Lipinski definition) is 0. The van der Waals surface area contributed by atoms with Crippen LogP contribution in [0.15, 0.2) is 42.5 Å². The molecule has 2 saturated heterocycles. The summed E-state index contributed by atoms with van der Waals surface area (Å²) in [7, 11) is 3.89. The van der Waals surface area contributed by atoms with Crippen molar-refractivity contribution in [1.82, 2.24) is 19.6 Å². The minimum Gasteiger partial charge on any atom is -0.444 e. The average Bonchev–Trinajstić information content (AvgIpc) is 2.90.